The third-order valence-electron chi connectivity index (χ3n) is 2.80. The molecule has 0 aliphatic rings. The van der Waals surface area contributed by atoms with Crippen molar-refractivity contribution in [3.8, 4) is 0 Å². The highest BCUT2D eigenvalue weighted by Crippen LogP contribution is 2.33. The van der Waals surface area contributed by atoms with Crippen LogP contribution in [-0.2, 0) is 5.88 Å². The summed E-state index contributed by atoms with van der Waals surface area (Å²) in [7, 11) is 1.79. The fourth-order valence-electron chi connectivity index (χ4n) is 1.85. The molecule has 0 radical (unpaired) electrons. The summed E-state index contributed by atoms with van der Waals surface area (Å²) in [5, 5.41) is 0.589. The Kier molecular flexibility index (Phi) is 4.10. The van der Waals surface area contributed by atoms with Gasteiger partial charge in [0.25, 0.3) is 0 Å². The van der Waals surface area contributed by atoms with Crippen LogP contribution < -0.4 is 4.90 Å². The number of benzene rings is 2. The molecule has 94 valence electrons. The number of para-hydroxylation sites is 1. The van der Waals surface area contributed by atoms with Crippen molar-refractivity contribution in [1.29, 1.82) is 0 Å². The second-order valence-corrected chi connectivity index (χ2v) is 4.56. The molecule has 2 aromatic rings. The molecule has 0 spiro atoms. The smallest absolute Gasteiger partial charge is 0.146 e. The molecule has 0 aliphatic heterocycles. The van der Waals surface area contributed by atoms with Crippen molar-refractivity contribution in [3.63, 3.8) is 0 Å². The largest absolute Gasteiger partial charge is 0.342 e. The second kappa shape index (κ2) is 5.59. The Morgan fingerprint density at radius 3 is 2.39 bits per heavy atom. The van der Waals surface area contributed by atoms with Crippen molar-refractivity contribution < 1.29 is 4.39 Å². The summed E-state index contributed by atoms with van der Waals surface area (Å²) >= 11 is 12.0. The van der Waals surface area contributed by atoms with Crippen LogP contribution in [0.4, 0.5) is 15.8 Å². The second-order valence-electron chi connectivity index (χ2n) is 3.88. The average Bonchev–Trinajstić information content (AvgIpc) is 2.38. The Hall–Kier alpha value is -1.25. The van der Waals surface area contributed by atoms with E-state index in [1.165, 1.54) is 6.07 Å². The highest BCUT2D eigenvalue weighted by atomic mass is 35.5. The standard InChI is InChI=1S/C14H12Cl2FN/c1-18(14-7-3-2-6-12(14)17)13-8-4-5-11(16)10(13)9-15/h2-8H,9H2,1H3. The quantitative estimate of drug-likeness (QED) is 0.718. The first-order chi connectivity index (χ1) is 8.65. The molecular weight excluding hydrogens is 272 g/mol. The van der Waals surface area contributed by atoms with Crippen molar-refractivity contribution >= 4 is 34.6 Å². The Bertz CT molecular complexity index is 557. The van der Waals surface area contributed by atoms with Gasteiger partial charge in [-0.1, -0.05) is 29.8 Å². The normalized spacial score (nSPS) is 10.4. The minimum atomic E-state index is -0.277. The zero-order valence-electron chi connectivity index (χ0n) is 9.83. The van der Waals surface area contributed by atoms with Crippen molar-refractivity contribution in [2.45, 2.75) is 5.88 Å². The lowest BCUT2D eigenvalue weighted by Crippen LogP contribution is -2.13. The molecule has 0 unspecified atom stereocenters. The lowest BCUT2D eigenvalue weighted by Gasteiger charge is -2.23. The molecule has 0 fully saturated rings. The molecule has 0 aliphatic carbocycles. The molecule has 0 bridgehead atoms. The maximum absolute atomic E-state index is 13.8. The van der Waals surface area contributed by atoms with Crippen molar-refractivity contribution in [2.24, 2.45) is 0 Å². The first-order valence-corrected chi connectivity index (χ1v) is 6.38. The highest BCUT2D eigenvalue weighted by molar-refractivity contribution is 6.32. The van der Waals surface area contributed by atoms with E-state index in [4.69, 9.17) is 23.2 Å². The van der Waals surface area contributed by atoms with Gasteiger partial charge in [-0.3, -0.25) is 0 Å². The SMILES string of the molecule is CN(c1ccccc1F)c1cccc(Cl)c1CCl. The summed E-state index contributed by atoms with van der Waals surface area (Å²) in [6, 6.07) is 12.1. The number of anilines is 2. The Morgan fingerprint density at radius 2 is 1.72 bits per heavy atom. The Morgan fingerprint density at radius 1 is 1.06 bits per heavy atom. The zero-order valence-corrected chi connectivity index (χ0v) is 11.3. The molecule has 0 atom stereocenters. The van der Waals surface area contributed by atoms with Gasteiger partial charge in [-0.2, -0.15) is 0 Å². The van der Waals surface area contributed by atoms with E-state index in [-0.39, 0.29) is 11.7 Å². The topological polar surface area (TPSA) is 3.24 Å². The van der Waals surface area contributed by atoms with E-state index in [1.54, 1.807) is 36.2 Å². The molecule has 2 rings (SSSR count). The number of rotatable bonds is 3. The Labute approximate surface area is 116 Å². The molecule has 2 aromatic carbocycles. The van der Waals surface area contributed by atoms with Crippen LogP contribution in [0.2, 0.25) is 5.02 Å². The predicted octanol–water partition coefficient (Wildman–Crippen LogP) is 4.99. The van der Waals surface area contributed by atoms with Crippen molar-refractivity contribution in [1.82, 2.24) is 0 Å². The molecule has 18 heavy (non-hydrogen) atoms. The van der Waals surface area contributed by atoms with Crippen LogP contribution >= 0.6 is 23.2 Å². The van der Waals surface area contributed by atoms with Gasteiger partial charge in [0, 0.05) is 23.3 Å². The first kappa shape index (κ1) is 13.2. The van der Waals surface area contributed by atoms with Gasteiger partial charge in [-0.15, -0.1) is 11.6 Å². The van der Waals surface area contributed by atoms with E-state index in [2.05, 4.69) is 0 Å². The van der Waals surface area contributed by atoms with Crippen LogP contribution in [0.5, 0.6) is 0 Å². The van der Waals surface area contributed by atoms with E-state index in [1.807, 2.05) is 12.1 Å². The minimum Gasteiger partial charge on any atom is -0.342 e. The molecular formula is C14H12Cl2FN. The molecule has 0 N–H and O–H groups in total. The summed E-state index contributed by atoms with van der Waals surface area (Å²) in [5.74, 6) is 0.00820. The summed E-state index contributed by atoms with van der Waals surface area (Å²) in [4.78, 5) is 1.75. The molecule has 0 heterocycles. The number of nitrogens with zero attached hydrogens (tertiary/aromatic N) is 1. The van der Waals surface area contributed by atoms with Gasteiger partial charge in [-0.05, 0) is 24.3 Å². The fraction of sp³-hybridized carbons (Fsp3) is 0.143. The van der Waals surface area contributed by atoms with Gasteiger partial charge < -0.3 is 4.90 Å². The minimum absolute atomic E-state index is 0.277. The average molecular weight is 284 g/mol. The monoisotopic (exact) mass is 283 g/mol. The van der Waals surface area contributed by atoms with Crippen LogP contribution in [0, 0.1) is 5.82 Å². The number of hydrogen-bond acceptors (Lipinski definition) is 1. The lowest BCUT2D eigenvalue weighted by molar-refractivity contribution is 0.627. The zero-order chi connectivity index (χ0) is 13.1. The summed E-state index contributed by atoms with van der Waals surface area (Å²) in [6.07, 6.45) is 0. The Balaban J connectivity index is 2.50. The van der Waals surface area contributed by atoms with Crippen LogP contribution in [0.15, 0.2) is 42.5 Å². The van der Waals surface area contributed by atoms with E-state index >= 15 is 0 Å². The van der Waals surface area contributed by atoms with Gasteiger partial charge in [-0.25, -0.2) is 4.39 Å². The number of alkyl halides is 1. The van der Waals surface area contributed by atoms with Gasteiger partial charge in [0.2, 0.25) is 0 Å². The fourth-order valence-corrected chi connectivity index (χ4v) is 2.43. The van der Waals surface area contributed by atoms with Crippen LogP contribution in [0.1, 0.15) is 5.56 Å². The predicted molar refractivity (Wildman–Crippen MR) is 75.5 cm³/mol. The maximum Gasteiger partial charge on any atom is 0.146 e. The highest BCUT2D eigenvalue weighted by Gasteiger charge is 2.13. The molecule has 1 nitrogen and oxygen atoms in total. The van der Waals surface area contributed by atoms with E-state index in [9.17, 15) is 4.39 Å². The molecule has 0 saturated carbocycles. The maximum atomic E-state index is 13.8. The molecule has 4 heteroatoms. The lowest BCUT2D eigenvalue weighted by atomic mass is 10.1. The summed E-state index contributed by atoms with van der Waals surface area (Å²) < 4.78 is 13.8. The van der Waals surface area contributed by atoms with E-state index in [0.29, 0.717) is 10.7 Å². The number of halogens is 3. The van der Waals surface area contributed by atoms with Gasteiger partial charge in [0.15, 0.2) is 0 Å². The first-order valence-electron chi connectivity index (χ1n) is 5.46. The number of hydrogen-bond donors (Lipinski definition) is 0. The van der Waals surface area contributed by atoms with Crippen LogP contribution in [0.25, 0.3) is 0 Å². The third kappa shape index (κ3) is 2.45. The van der Waals surface area contributed by atoms with Crippen LogP contribution in [-0.4, -0.2) is 7.05 Å². The van der Waals surface area contributed by atoms with Gasteiger partial charge in [0.1, 0.15) is 5.82 Å². The molecule has 0 aromatic heterocycles. The molecule has 0 saturated heterocycles. The third-order valence-corrected chi connectivity index (χ3v) is 3.42. The van der Waals surface area contributed by atoms with Gasteiger partial charge >= 0.3 is 0 Å². The molecule has 0 amide bonds. The summed E-state index contributed by atoms with van der Waals surface area (Å²) in [6.45, 7) is 0. The van der Waals surface area contributed by atoms with Crippen molar-refractivity contribution in [3.05, 3.63) is 58.9 Å². The summed E-state index contributed by atoms with van der Waals surface area (Å²) in [5.41, 5.74) is 2.10. The van der Waals surface area contributed by atoms with Gasteiger partial charge in [0.05, 0.1) is 11.6 Å². The van der Waals surface area contributed by atoms with Crippen LogP contribution in [0.3, 0.4) is 0 Å². The van der Waals surface area contributed by atoms with Crippen molar-refractivity contribution in [2.75, 3.05) is 11.9 Å². The van der Waals surface area contributed by atoms with E-state index < -0.39 is 0 Å². The van der Waals surface area contributed by atoms with E-state index in [0.717, 1.165) is 11.3 Å².